The van der Waals surface area contributed by atoms with Crippen LogP contribution in [-0.2, 0) is 13.0 Å². The molecule has 0 saturated heterocycles. The Hall–Kier alpha value is -4.40. The van der Waals surface area contributed by atoms with E-state index in [1.54, 1.807) is 18.2 Å². The van der Waals surface area contributed by atoms with E-state index in [4.69, 9.17) is 4.98 Å². The van der Waals surface area contributed by atoms with E-state index in [1.165, 1.54) is 0 Å². The fourth-order valence-corrected chi connectivity index (χ4v) is 4.90. The number of nitrogens with one attached hydrogen (secondary N) is 3. The Morgan fingerprint density at radius 2 is 1.88 bits per heavy atom. The molecule has 4 aromatic rings. The molecule has 3 N–H and O–H groups in total. The summed E-state index contributed by atoms with van der Waals surface area (Å²) in [4.78, 5) is 14.8. The molecule has 1 aromatic carbocycles. The van der Waals surface area contributed by atoms with Gasteiger partial charge in [0, 0.05) is 35.4 Å². The zero-order valence-corrected chi connectivity index (χ0v) is 25.9. The second kappa shape index (κ2) is 14.7. The Balaban J connectivity index is 1.63. The Morgan fingerprint density at radius 3 is 2.63 bits per heavy atom. The number of benzene rings is 1. The summed E-state index contributed by atoms with van der Waals surface area (Å²) < 4.78 is 14.7. The molecule has 0 radical (unpaired) electrons. The number of halogens is 1. The molecule has 0 amide bonds. The van der Waals surface area contributed by atoms with Crippen molar-refractivity contribution in [1.82, 2.24) is 35.4 Å². The van der Waals surface area contributed by atoms with E-state index in [0.717, 1.165) is 82.1 Å². The molecule has 43 heavy (non-hydrogen) atoms. The highest BCUT2D eigenvalue weighted by Crippen LogP contribution is 2.28. The van der Waals surface area contributed by atoms with Gasteiger partial charge in [-0.05, 0) is 106 Å². The van der Waals surface area contributed by atoms with Gasteiger partial charge in [0.1, 0.15) is 11.5 Å². The molecule has 7 nitrogen and oxygen atoms in total. The van der Waals surface area contributed by atoms with E-state index in [-0.39, 0.29) is 5.82 Å². The average molecular weight is 580 g/mol. The molecular weight excluding hydrogens is 537 g/mol. The highest BCUT2D eigenvalue weighted by molar-refractivity contribution is 5.81. The predicted molar refractivity (Wildman–Crippen MR) is 176 cm³/mol. The molecule has 0 fully saturated rings. The van der Waals surface area contributed by atoms with Crippen molar-refractivity contribution in [2.24, 2.45) is 0 Å². The monoisotopic (exact) mass is 579 g/mol. The Bertz CT molecular complexity index is 1740. The third kappa shape index (κ3) is 8.12. The van der Waals surface area contributed by atoms with Crippen molar-refractivity contribution in [3.63, 3.8) is 0 Å². The van der Waals surface area contributed by atoms with Crippen LogP contribution in [0.25, 0.3) is 35.3 Å². The van der Waals surface area contributed by atoms with E-state index in [0.29, 0.717) is 17.2 Å². The number of allylic oxidation sites excluding steroid dienone is 4. The summed E-state index contributed by atoms with van der Waals surface area (Å²) in [7, 11) is 4.08. The number of aromatic amines is 2. The number of nitrogens with zero attached hydrogens (tertiary/aromatic N) is 4. The van der Waals surface area contributed by atoms with Crippen LogP contribution in [0.15, 0.2) is 61.5 Å². The minimum Gasteiger partial charge on any atom is -0.340 e. The molecular formula is C35H42FN7. The third-order valence-electron chi connectivity index (χ3n) is 7.22. The van der Waals surface area contributed by atoms with Crippen LogP contribution in [0.5, 0.6) is 0 Å². The fourth-order valence-electron chi connectivity index (χ4n) is 4.90. The quantitative estimate of drug-likeness (QED) is 0.191. The molecule has 4 rings (SSSR count). The van der Waals surface area contributed by atoms with Gasteiger partial charge >= 0.3 is 0 Å². The lowest BCUT2D eigenvalue weighted by Gasteiger charge is -2.11. The number of hydrogen-bond donors (Lipinski definition) is 3. The van der Waals surface area contributed by atoms with Gasteiger partial charge in [0.15, 0.2) is 5.82 Å². The molecule has 0 atom stereocenters. The molecule has 3 aromatic heterocycles. The van der Waals surface area contributed by atoms with Gasteiger partial charge in [0.2, 0.25) is 0 Å². The second-order valence-corrected chi connectivity index (χ2v) is 11.0. The summed E-state index contributed by atoms with van der Waals surface area (Å²) in [5, 5.41) is 12.5. The number of hydrogen-bond acceptors (Lipinski definition) is 5. The molecule has 0 aliphatic rings. The molecule has 0 bridgehead atoms. The van der Waals surface area contributed by atoms with E-state index in [9.17, 15) is 4.39 Å². The molecule has 0 aliphatic carbocycles. The van der Waals surface area contributed by atoms with Crippen molar-refractivity contribution >= 4 is 23.8 Å². The van der Waals surface area contributed by atoms with Crippen LogP contribution in [0, 0.1) is 12.7 Å². The van der Waals surface area contributed by atoms with Gasteiger partial charge in [0.25, 0.3) is 0 Å². The second-order valence-electron chi connectivity index (χ2n) is 11.0. The van der Waals surface area contributed by atoms with Crippen LogP contribution in [0.4, 0.5) is 4.39 Å². The molecule has 3 heterocycles. The largest absolute Gasteiger partial charge is 0.340 e. The number of aryl methyl sites for hydroxylation is 2. The Morgan fingerprint density at radius 1 is 1.09 bits per heavy atom. The number of H-pyrrole nitrogens is 2. The van der Waals surface area contributed by atoms with E-state index >= 15 is 0 Å². The molecule has 8 heteroatoms. The Kier molecular flexibility index (Phi) is 10.8. The summed E-state index contributed by atoms with van der Waals surface area (Å²) in [5.74, 6) is 0.323. The first kappa shape index (κ1) is 31.5. The number of rotatable bonds is 13. The van der Waals surface area contributed by atoms with Crippen LogP contribution in [0.2, 0.25) is 0 Å². The van der Waals surface area contributed by atoms with Gasteiger partial charge < -0.3 is 15.2 Å². The van der Waals surface area contributed by atoms with Crippen molar-refractivity contribution < 1.29 is 4.39 Å². The smallest absolute Gasteiger partial charge is 0.159 e. The molecule has 0 unspecified atom stereocenters. The van der Waals surface area contributed by atoms with Crippen LogP contribution < -0.4 is 15.9 Å². The van der Waals surface area contributed by atoms with Gasteiger partial charge in [-0.15, -0.1) is 0 Å². The maximum Gasteiger partial charge on any atom is 0.159 e. The lowest BCUT2D eigenvalue weighted by Crippen LogP contribution is -2.21. The number of pyridine rings is 1. The maximum absolute atomic E-state index is 14.7. The Labute approximate surface area is 253 Å². The van der Waals surface area contributed by atoms with Crippen molar-refractivity contribution in [2.45, 2.75) is 40.2 Å². The first-order valence-electron chi connectivity index (χ1n) is 14.6. The van der Waals surface area contributed by atoms with Gasteiger partial charge in [-0.25, -0.2) is 9.37 Å². The van der Waals surface area contributed by atoms with Crippen molar-refractivity contribution in [2.75, 3.05) is 27.2 Å². The normalized spacial score (nSPS) is 12.9. The first-order valence-corrected chi connectivity index (χ1v) is 14.6. The summed E-state index contributed by atoms with van der Waals surface area (Å²) >= 11 is 0. The van der Waals surface area contributed by atoms with E-state index in [2.05, 4.69) is 63.5 Å². The number of imidazole rings is 1. The van der Waals surface area contributed by atoms with Crippen LogP contribution in [0.1, 0.15) is 53.9 Å². The third-order valence-corrected chi connectivity index (χ3v) is 7.22. The van der Waals surface area contributed by atoms with Crippen molar-refractivity contribution in [3.05, 3.63) is 111 Å². The van der Waals surface area contributed by atoms with Crippen LogP contribution >= 0.6 is 0 Å². The topological polar surface area (TPSA) is 85.5 Å². The van der Waals surface area contributed by atoms with E-state index < -0.39 is 0 Å². The summed E-state index contributed by atoms with van der Waals surface area (Å²) in [5.41, 5.74) is 7.97. The summed E-state index contributed by atoms with van der Waals surface area (Å²) in [6.45, 7) is 16.9. The SMILES string of the molecule is C=C/C=C(/c1cc(F)cc(CCCN(C)C)c1)c1nc(-c2n[nH]/c(=C/C=C(\C)c3cncc(CNCC)c3)c2=C)[nH]c1C. The van der Waals surface area contributed by atoms with Gasteiger partial charge in [0.05, 0.1) is 11.0 Å². The molecule has 0 saturated carbocycles. The minimum absolute atomic E-state index is 0.267. The van der Waals surface area contributed by atoms with Gasteiger partial charge in [-0.2, -0.15) is 5.10 Å². The van der Waals surface area contributed by atoms with Gasteiger partial charge in [-0.1, -0.05) is 44.4 Å². The first-order chi connectivity index (χ1) is 20.7. The highest BCUT2D eigenvalue weighted by atomic mass is 19.1. The summed E-state index contributed by atoms with van der Waals surface area (Å²) in [6.07, 6.45) is 13.1. The fraction of sp³-hybridized carbons (Fsp3) is 0.286. The van der Waals surface area contributed by atoms with E-state index in [1.807, 2.05) is 57.7 Å². The lowest BCUT2D eigenvalue weighted by molar-refractivity contribution is 0.400. The molecule has 224 valence electrons. The summed E-state index contributed by atoms with van der Waals surface area (Å²) in [6, 6.07) is 7.34. The van der Waals surface area contributed by atoms with Crippen molar-refractivity contribution in [3.8, 4) is 11.5 Å². The van der Waals surface area contributed by atoms with Gasteiger partial charge in [-0.3, -0.25) is 10.1 Å². The minimum atomic E-state index is -0.267. The average Bonchev–Trinajstić information content (AvgIpc) is 3.54. The number of aromatic nitrogens is 5. The molecule has 0 spiro atoms. The zero-order chi connectivity index (χ0) is 30.9. The predicted octanol–water partition coefficient (Wildman–Crippen LogP) is 5.16. The maximum atomic E-state index is 14.7. The lowest BCUT2D eigenvalue weighted by atomic mass is 9.97. The standard InChI is InChI=1S/C35H42FN7/c1-8-11-31(28-16-26(18-30(36)19-28)12-10-15-43(6)7)34-25(5)39-35(40-34)33-24(4)32(41-42-33)14-13-23(3)29-17-27(20-37-9-2)21-38-22-29/h8,11,13-14,16-19,21-22,37,41H,1,4,9-10,12,15,20H2,2-3,5-7H3,(H,39,40)/b23-13+,31-11-,32-14+. The van der Waals surface area contributed by atoms with Crippen LogP contribution in [0.3, 0.4) is 0 Å². The molecule has 0 aliphatic heterocycles. The van der Waals surface area contributed by atoms with Crippen molar-refractivity contribution in [1.29, 1.82) is 0 Å². The van der Waals surface area contributed by atoms with Crippen LogP contribution in [-0.4, -0.2) is 57.2 Å². The highest BCUT2D eigenvalue weighted by Gasteiger charge is 2.17. The zero-order valence-electron chi connectivity index (χ0n) is 25.9.